The molecule has 1 fully saturated rings. The van der Waals surface area contributed by atoms with Gasteiger partial charge in [0.25, 0.3) is 0 Å². The Labute approximate surface area is 96.6 Å². The Bertz CT molecular complexity index is 155. The molecular weight excluding hydrogens is 381 g/mol. The summed E-state index contributed by atoms with van der Waals surface area (Å²) in [6, 6.07) is 0. The van der Waals surface area contributed by atoms with Crippen LogP contribution in [0.25, 0.3) is 0 Å². The van der Waals surface area contributed by atoms with Gasteiger partial charge in [-0.3, -0.25) is 0 Å². The Morgan fingerprint density at radius 1 is 1.08 bits per heavy atom. The van der Waals surface area contributed by atoms with E-state index in [1.54, 1.807) is 0 Å². The average molecular weight is 392 g/mol. The zero-order chi connectivity index (χ0) is 9.30. The van der Waals surface area contributed by atoms with Gasteiger partial charge in [-0.2, -0.15) is 0 Å². The van der Waals surface area contributed by atoms with Crippen molar-refractivity contribution in [3.8, 4) is 0 Å². The molecule has 0 bridgehead atoms. The molecule has 13 heavy (non-hydrogen) atoms. The van der Waals surface area contributed by atoms with Crippen LogP contribution in [0.1, 0.15) is 0 Å². The van der Waals surface area contributed by atoms with Gasteiger partial charge in [0.05, 0.1) is 12.7 Å². The molecule has 1 aliphatic heterocycles. The van der Waals surface area contributed by atoms with E-state index in [1.807, 2.05) is 0 Å². The fraction of sp³-hybridized carbons (Fsp3) is 1.00. The van der Waals surface area contributed by atoms with E-state index in [-0.39, 0.29) is 22.4 Å². The summed E-state index contributed by atoms with van der Waals surface area (Å²) in [5.74, 6) is 0. The first-order valence-corrected chi connectivity index (χ1v) is 4.01. The minimum atomic E-state index is -1.35. The molecule has 1 rings (SSSR count). The molecule has 0 aromatic heterocycles. The molecule has 0 radical (unpaired) electrons. The first-order valence-electron chi connectivity index (χ1n) is 3.54. The maximum atomic E-state index is 9.18. The van der Waals surface area contributed by atoms with Crippen molar-refractivity contribution in [2.75, 3.05) is 6.61 Å². The maximum absolute atomic E-state index is 9.18. The Hall–Kier alpha value is 0.890. The fourth-order valence-corrected chi connectivity index (χ4v) is 1.37. The van der Waals surface area contributed by atoms with Gasteiger partial charge in [-0.15, -0.1) is 0 Å². The molecule has 1 aliphatic rings. The predicted octanol–water partition coefficient (Wildman–Crippen LogP) is -2.67. The first kappa shape index (κ1) is 13.9. The van der Waals surface area contributed by atoms with E-state index < -0.39 is 36.5 Å². The topological polar surface area (TPSA) is 90.2 Å². The van der Waals surface area contributed by atoms with Crippen LogP contribution < -0.4 is 0 Å². The summed E-state index contributed by atoms with van der Waals surface area (Å²) in [4.78, 5) is 0. The Morgan fingerprint density at radius 3 is 2.08 bits per heavy atom. The third kappa shape index (κ3) is 2.92. The van der Waals surface area contributed by atoms with E-state index >= 15 is 0 Å². The number of aliphatic hydroxyl groups excluding tert-OH is 4. The molecule has 1 heterocycles. The second kappa shape index (κ2) is 5.69. The first-order chi connectivity index (χ1) is 5.57. The Morgan fingerprint density at radius 2 is 1.62 bits per heavy atom. The molecular formula is C6H11AuO5S. The molecule has 5 atom stereocenters. The number of aliphatic hydroxyl groups is 4. The Balaban J connectivity index is 0.00000144. The van der Waals surface area contributed by atoms with E-state index in [2.05, 4.69) is 12.6 Å². The van der Waals surface area contributed by atoms with Crippen molar-refractivity contribution in [2.24, 2.45) is 0 Å². The van der Waals surface area contributed by atoms with Crippen LogP contribution in [0, 0.1) is 0 Å². The molecule has 0 spiro atoms. The van der Waals surface area contributed by atoms with Crippen LogP contribution in [-0.2, 0) is 39.7 Å². The van der Waals surface area contributed by atoms with Crippen molar-refractivity contribution in [3.05, 3.63) is 0 Å². The quantitative estimate of drug-likeness (QED) is 0.288. The molecule has 0 aromatic carbocycles. The molecule has 82 valence electrons. The smallest absolute Gasteiger partial charge is 0.759 e. The summed E-state index contributed by atoms with van der Waals surface area (Å²) < 4.78 is 4.84. The van der Waals surface area contributed by atoms with Gasteiger partial charge in [-0.05, 0) is 5.44 Å². The summed E-state index contributed by atoms with van der Waals surface area (Å²) >= 11 is 4.63. The molecule has 2 unspecified atom stereocenters. The van der Waals surface area contributed by atoms with Gasteiger partial charge < -0.3 is 37.8 Å². The zero-order valence-corrected chi connectivity index (χ0v) is 9.48. The van der Waals surface area contributed by atoms with Crippen LogP contribution in [0.15, 0.2) is 0 Å². The number of hydrogen-bond acceptors (Lipinski definition) is 6. The fourth-order valence-electron chi connectivity index (χ4n) is 1.07. The van der Waals surface area contributed by atoms with Crippen LogP contribution in [0.4, 0.5) is 0 Å². The molecule has 7 heteroatoms. The van der Waals surface area contributed by atoms with Crippen molar-refractivity contribution in [1.29, 1.82) is 0 Å². The van der Waals surface area contributed by atoms with Crippen molar-refractivity contribution in [3.63, 3.8) is 0 Å². The van der Waals surface area contributed by atoms with Crippen LogP contribution in [0.2, 0.25) is 0 Å². The van der Waals surface area contributed by atoms with Gasteiger partial charge in [0.15, 0.2) is 0 Å². The van der Waals surface area contributed by atoms with E-state index in [0.717, 1.165) is 0 Å². The van der Waals surface area contributed by atoms with Gasteiger partial charge in [0.1, 0.15) is 18.3 Å². The number of hydrogen-bond donors (Lipinski definition) is 4. The summed E-state index contributed by atoms with van der Waals surface area (Å²) in [5.41, 5.74) is -0.986. The van der Waals surface area contributed by atoms with Crippen molar-refractivity contribution in [2.45, 2.75) is 29.9 Å². The van der Waals surface area contributed by atoms with Crippen molar-refractivity contribution >= 4 is 12.6 Å². The molecule has 0 aliphatic carbocycles. The standard InChI is InChI=1S/C6H12O5S.Au/c7-1-2-3(8)4(9)5(10)6(12)11-2;/h2-10,12H,1H2;/q;+1/p-1/t2?,3-,4-,5?,6-;/m0./s1. The number of rotatable bonds is 1. The monoisotopic (exact) mass is 392 g/mol. The minimum absolute atomic E-state index is 0. The maximum Gasteiger partial charge on any atom is 1.00 e. The molecule has 5 nitrogen and oxygen atoms in total. The third-order valence-corrected chi connectivity index (χ3v) is 2.24. The van der Waals surface area contributed by atoms with Crippen LogP contribution >= 0.6 is 0 Å². The van der Waals surface area contributed by atoms with Crippen LogP contribution in [-0.4, -0.2) is 56.9 Å². The molecule has 4 N–H and O–H groups in total. The predicted molar refractivity (Wildman–Crippen MR) is 41.1 cm³/mol. The second-order valence-electron chi connectivity index (χ2n) is 2.70. The van der Waals surface area contributed by atoms with E-state index in [9.17, 15) is 5.11 Å². The zero-order valence-electron chi connectivity index (χ0n) is 6.50. The molecule has 0 saturated carbocycles. The van der Waals surface area contributed by atoms with E-state index in [1.165, 1.54) is 0 Å². The third-order valence-electron chi connectivity index (χ3n) is 1.85. The van der Waals surface area contributed by atoms with E-state index in [4.69, 9.17) is 20.1 Å². The largest absolute Gasteiger partial charge is 1.00 e. The molecule has 0 aromatic rings. The number of ether oxygens (including phenoxy) is 1. The Kier molecular flexibility index (Phi) is 6.08. The molecule has 1 saturated heterocycles. The van der Waals surface area contributed by atoms with Gasteiger partial charge in [0, 0.05) is 0 Å². The van der Waals surface area contributed by atoms with Crippen LogP contribution in [0.5, 0.6) is 0 Å². The van der Waals surface area contributed by atoms with Gasteiger partial charge in [-0.25, -0.2) is 0 Å². The summed E-state index contributed by atoms with van der Waals surface area (Å²) in [7, 11) is 0. The van der Waals surface area contributed by atoms with E-state index in [0.29, 0.717) is 0 Å². The van der Waals surface area contributed by atoms with Crippen molar-refractivity contribution in [1.82, 2.24) is 0 Å². The van der Waals surface area contributed by atoms with Gasteiger partial charge in [0.2, 0.25) is 0 Å². The average Bonchev–Trinajstić information content (AvgIpc) is 2.08. The van der Waals surface area contributed by atoms with Gasteiger partial charge in [-0.1, -0.05) is 0 Å². The molecule has 0 amide bonds. The minimum Gasteiger partial charge on any atom is -0.759 e. The summed E-state index contributed by atoms with van der Waals surface area (Å²) in [5, 5.41) is 36.1. The normalized spacial score (nSPS) is 45.5. The van der Waals surface area contributed by atoms with Gasteiger partial charge >= 0.3 is 22.4 Å². The van der Waals surface area contributed by atoms with Crippen LogP contribution in [0.3, 0.4) is 0 Å². The second-order valence-corrected chi connectivity index (χ2v) is 3.16. The summed E-state index contributed by atoms with van der Waals surface area (Å²) in [6.45, 7) is -0.432. The van der Waals surface area contributed by atoms with Crippen molar-refractivity contribution < 1.29 is 47.5 Å². The summed E-state index contributed by atoms with van der Waals surface area (Å²) in [6.07, 6.45) is -4.83. The SMILES string of the molecule is OCC1O[C@@H]([S-])C(O)[C@@H](O)[C@H]1O.[Au+].